The molecule has 0 amide bonds. The molecule has 2 aromatic rings. The fraction of sp³-hybridized carbons (Fsp3) is 0.739. The van der Waals surface area contributed by atoms with Crippen LogP contribution in [0.5, 0.6) is 0 Å². The number of aliphatic carboxylic acids is 1. The summed E-state index contributed by atoms with van der Waals surface area (Å²) in [6.07, 6.45) is -33.4. The van der Waals surface area contributed by atoms with Gasteiger partial charge in [-0.3, -0.25) is 18.7 Å². The van der Waals surface area contributed by atoms with Gasteiger partial charge in [0.15, 0.2) is 5.65 Å². The normalized spacial score (nSPS) is 43.3. The Morgan fingerprint density at radius 1 is 1.23 bits per heavy atom. The number of nitrogens with one attached hydrogen (secondary N) is 1. The molecule has 1 saturated carbocycles. The van der Waals surface area contributed by atoms with E-state index in [9.17, 15) is 19.5 Å². The van der Waals surface area contributed by atoms with E-state index in [0.717, 1.165) is 0 Å². The summed E-state index contributed by atoms with van der Waals surface area (Å²) in [6.45, 7) is -9.77. The lowest BCUT2D eigenvalue weighted by Gasteiger charge is -2.44. The first kappa shape index (κ1) is 7.89. The molecule has 1 aliphatic rings. The number of hydrogen-bond donors (Lipinski definition) is 2. The average molecular weight is 455 g/mol. The van der Waals surface area contributed by atoms with Crippen molar-refractivity contribution in [2.45, 2.75) is 103 Å². The number of aryl methyl sites for hydroxylation is 1. The van der Waals surface area contributed by atoms with Crippen LogP contribution in [-0.4, -0.2) is 30.2 Å². The highest BCUT2D eigenvalue weighted by Gasteiger charge is 2.42. The van der Waals surface area contributed by atoms with Gasteiger partial charge in [0.25, 0.3) is 5.56 Å². The monoisotopic (exact) mass is 454 g/mol. The lowest BCUT2D eigenvalue weighted by atomic mass is 9.61. The third-order valence-corrected chi connectivity index (χ3v) is 4.58. The summed E-state index contributed by atoms with van der Waals surface area (Å²) in [5, 5.41) is 9.66. The van der Waals surface area contributed by atoms with Crippen LogP contribution >= 0.6 is 0 Å². The van der Waals surface area contributed by atoms with Crippen molar-refractivity contribution in [3.8, 4) is 0 Å². The highest BCUT2D eigenvalue weighted by atomic mass is 16.4. The second kappa shape index (κ2) is 9.01. The van der Waals surface area contributed by atoms with Crippen LogP contribution in [0.3, 0.4) is 0 Å². The first-order valence-corrected chi connectivity index (χ1v) is 9.06. The SMILES string of the molecule is [2H]C([2H])C([2H])([2H])C1(C([2H])([2H])C([2H])([2H])C(=O)O)C([2H])([2H])C([2H])([2H])C(C)(c2nc3c([nH]2)c(=O)n(CCC([2H])([2H])[2H])c(=O)n3CCC([2H])([2H])[2H])C([2H])([2H])C1([2H])[2H]. The van der Waals surface area contributed by atoms with E-state index in [4.69, 9.17) is 30.2 Å². The summed E-state index contributed by atoms with van der Waals surface area (Å²) in [7, 11) is 0. The Hall–Kier alpha value is -2.38. The van der Waals surface area contributed by atoms with Crippen molar-refractivity contribution in [2.75, 3.05) is 0 Å². The molecule has 2 N–H and O–H groups in total. The predicted molar refractivity (Wildman–Crippen MR) is 121 cm³/mol. The zero-order chi connectivity index (χ0) is 41.9. The van der Waals surface area contributed by atoms with Gasteiger partial charge in [-0.15, -0.1) is 0 Å². The maximum Gasteiger partial charge on any atom is 0.332 e. The van der Waals surface area contributed by atoms with Gasteiger partial charge in [-0.05, 0) is 50.1 Å². The molecule has 0 aliphatic heterocycles. The quantitative estimate of drug-likeness (QED) is 0.599. The van der Waals surface area contributed by atoms with E-state index in [-0.39, 0.29) is 0 Å². The van der Waals surface area contributed by atoms with E-state index in [0.29, 0.717) is 16.1 Å². The van der Waals surface area contributed by atoms with E-state index in [1.54, 1.807) is 0 Å². The van der Waals surface area contributed by atoms with Crippen molar-refractivity contribution in [3.63, 3.8) is 0 Å². The predicted octanol–water partition coefficient (Wildman–Crippen LogP) is 3.80. The van der Waals surface area contributed by atoms with Gasteiger partial charge < -0.3 is 10.1 Å². The van der Waals surface area contributed by atoms with Crippen LogP contribution in [0.2, 0.25) is 0 Å². The Balaban J connectivity index is 2.64. The van der Waals surface area contributed by atoms with Crippen molar-refractivity contribution in [2.24, 2.45) is 5.41 Å². The number of hydrogen-bond acceptors (Lipinski definition) is 4. The van der Waals surface area contributed by atoms with E-state index in [1.165, 1.54) is 0 Å². The van der Waals surface area contributed by atoms with Gasteiger partial charge in [0, 0.05) is 55.0 Å². The molecule has 0 unspecified atom stereocenters. The third-order valence-electron chi connectivity index (χ3n) is 4.58. The number of rotatable bonds is 9. The molecule has 1 aliphatic carbocycles. The number of aromatic amines is 1. The van der Waals surface area contributed by atoms with Crippen molar-refractivity contribution in [1.29, 1.82) is 0 Å². The zero-order valence-electron chi connectivity index (χ0n) is 38.4. The third kappa shape index (κ3) is 4.34. The Kier molecular flexibility index (Phi) is 2.29. The molecular weight excluding hydrogens is 396 g/mol. The number of fused-ring (bicyclic) bond motifs is 1. The molecule has 8 heteroatoms. The zero-order valence-corrected chi connectivity index (χ0v) is 16.4. The molecule has 0 bridgehead atoms. The van der Waals surface area contributed by atoms with Crippen molar-refractivity contribution < 1.29 is 40.1 Å². The minimum Gasteiger partial charge on any atom is -0.481 e. The topological polar surface area (TPSA) is 110 Å². The van der Waals surface area contributed by atoms with E-state index >= 15 is 0 Å². The number of H-pyrrole nitrogens is 1. The van der Waals surface area contributed by atoms with Crippen LogP contribution in [-0.2, 0) is 23.3 Å². The summed E-state index contributed by atoms with van der Waals surface area (Å²) in [6, 6.07) is 0. The number of carboxylic acid groups (broad SMARTS) is 1. The van der Waals surface area contributed by atoms with E-state index in [2.05, 4.69) is 9.97 Å². The number of aromatic nitrogens is 4. The van der Waals surface area contributed by atoms with E-state index in [1.807, 2.05) is 0 Å². The average Bonchev–Trinajstić information content (AvgIpc) is 3.39. The highest BCUT2D eigenvalue weighted by Crippen LogP contribution is 2.50. The maximum atomic E-state index is 13.6. The standard InChI is InChI=1S/C23H36N4O4/c1-5-14-26-18-17(19(30)27(15-6-2)21(26)31)24-20(25-18)22(4)10-12-23(7-3,13-11-22)9-8-16(28)29/h5-15H2,1-4H3,(H,24,25)(H,28,29)/i1D3,2D3,3D2,7D2,8D2,9D2,10D2,11D2,12D2,13D2. The largest absolute Gasteiger partial charge is 0.481 e. The van der Waals surface area contributed by atoms with Crippen LogP contribution < -0.4 is 11.2 Å². The van der Waals surface area contributed by atoms with E-state index < -0.39 is 136 Å². The Bertz CT molecular complexity index is 1860. The van der Waals surface area contributed by atoms with Gasteiger partial charge in [0.2, 0.25) is 0 Å². The molecule has 1 fully saturated rings. The molecule has 0 spiro atoms. The van der Waals surface area contributed by atoms with Crippen LogP contribution in [0, 0.1) is 5.41 Å². The molecule has 0 aromatic carbocycles. The molecule has 0 saturated heterocycles. The Morgan fingerprint density at radius 3 is 2.52 bits per heavy atom. The van der Waals surface area contributed by atoms with Gasteiger partial charge in [-0.25, -0.2) is 9.78 Å². The first-order chi connectivity index (χ1) is 23.2. The van der Waals surface area contributed by atoms with Gasteiger partial charge in [-0.2, -0.15) is 0 Å². The number of carboxylic acids is 1. The van der Waals surface area contributed by atoms with Gasteiger partial charge in [0.1, 0.15) is 11.3 Å². The number of carbonyl (C=O) groups is 1. The minimum absolute atomic E-state index is 0.353. The van der Waals surface area contributed by atoms with Crippen LogP contribution in [0.1, 0.15) is 121 Å². The van der Waals surface area contributed by atoms with Crippen molar-refractivity contribution in [3.05, 3.63) is 26.7 Å². The van der Waals surface area contributed by atoms with Crippen molar-refractivity contribution >= 4 is 17.1 Å². The molecule has 2 aromatic heterocycles. The summed E-state index contributed by atoms with van der Waals surface area (Å²) in [4.78, 5) is 45.4. The molecular formula is C23H36N4O4. The molecule has 0 atom stereocenters. The lowest BCUT2D eigenvalue weighted by molar-refractivity contribution is -0.137. The molecule has 31 heavy (non-hydrogen) atoms. The van der Waals surface area contributed by atoms with Gasteiger partial charge >= 0.3 is 11.7 Å². The smallest absolute Gasteiger partial charge is 0.332 e. The van der Waals surface area contributed by atoms with Crippen LogP contribution in [0.4, 0.5) is 0 Å². The number of nitrogens with zero attached hydrogens (tertiary/aromatic N) is 3. The molecule has 8 nitrogen and oxygen atoms in total. The summed E-state index contributed by atoms with van der Waals surface area (Å²) in [5.74, 6) is -4.00. The summed E-state index contributed by atoms with van der Waals surface area (Å²) in [5.41, 5.74) is -12.8. The molecule has 172 valence electrons. The van der Waals surface area contributed by atoms with Crippen LogP contribution in [0.15, 0.2) is 9.59 Å². The Morgan fingerprint density at radius 2 is 1.90 bits per heavy atom. The molecule has 2 heterocycles. The lowest BCUT2D eigenvalue weighted by Crippen LogP contribution is -2.40. The molecule has 0 radical (unpaired) electrons. The minimum atomic E-state index is -4.88. The summed E-state index contributed by atoms with van der Waals surface area (Å²) >= 11 is 0. The van der Waals surface area contributed by atoms with Crippen molar-refractivity contribution in [1.82, 2.24) is 19.1 Å². The first-order valence-electron chi connectivity index (χ1n) is 20.2. The number of imidazole rings is 1. The highest BCUT2D eigenvalue weighted by molar-refractivity contribution is 5.70. The fourth-order valence-corrected chi connectivity index (χ4v) is 2.96. The van der Waals surface area contributed by atoms with Gasteiger partial charge in [0.05, 0.1) is 0 Å². The summed E-state index contributed by atoms with van der Waals surface area (Å²) < 4.78 is 185. The van der Waals surface area contributed by atoms with Gasteiger partial charge in [-0.1, -0.05) is 33.9 Å². The molecule has 3 rings (SSSR count). The maximum absolute atomic E-state index is 13.6. The second-order valence-electron chi connectivity index (χ2n) is 6.75. The fourth-order valence-electron chi connectivity index (χ4n) is 2.96. The van der Waals surface area contributed by atoms with Crippen LogP contribution in [0.25, 0.3) is 11.2 Å². The second-order valence-corrected chi connectivity index (χ2v) is 6.75. The Labute approximate surface area is 213 Å².